The van der Waals surface area contributed by atoms with E-state index in [9.17, 15) is 4.79 Å². The number of ether oxygens (including phenoxy) is 1. The number of hydrogen-bond acceptors (Lipinski definition) is 3. The largest absolute Gasteiger partial charge is 0.496 e. The van der Waals surface area contributed by atoms with Gasteiger partial charge < -0.3 is 15.4 Å². The third kappa shape index (κ3) is 3.49. The van der Waals surface area contributed by atoms with Gasteiger partial charge in [0.2, 0.25) is 0 Å². The monoisotopic (exact) mass is 322 g/mol. The van der Waals surface area contributed by atoms with Gasteiger partial charge in [0.15, 0.2) is 0 Å². The van der Waals surface area contributed by atoms with Crippen LogP contribution in [0.2, 0.25) is 0 Å². The van der Waals surface area contributed by atoms with Crippen molar-refractivity contribution in [1.82, 2.24) is 4.90 Å². The van der Waals surface area contributed by atoms with E-state index in [0.717, 1.165) is 23.3 Å². The van der Waals surface area contributed by atoms with Crippen molar-refractivity contribution in [3.63, 3.8) is 0 Å². The van der Waals surface area contributed by atoms with Gasteiger partial charge >= 0.3 is 0 Å². The lowest BCUT2D eigenvalue weighted by Crippen LogP contribution is -2.32. The zero-order valence-corrected chi connectivity index (χ0v) is 13.8. The number of nitrogens with two attached hydrogens (primary N) is 1. The van der Waals surface area contributed by atoms with Crippen LogP contribution in [0.3, 0.4) is 0 Å². The summed E-state index contributed by atoms with van der Waals surface area (Å²) in [4.78, 5) is 14.9. The summed E-state index contributed by atoms with van der Waals surface area (Å²) in [6, 6.07) is 17.5. The second-order valence-corrected chi connectivity index (χ2v) is 5.97. The van der Waals surface area contributed by atoms with Crippen LogP contribution < -0.4 is 10.5 Å². The second-order valence-electron chi connectivity index (χ2n) is 5.97. The molecule has 2 N–H and O–H groups in total. The Morgan fingerprint density at radius 1 is 1.17 bits per heavy atom. The quantitative estimate of drug-likeness (QED) is 0.695. The van der Waals surface area contributed by atoms with E-state index in [4.69, 9.17) is 10.5 Å². The first-order valence-corrected chi connectivity index (χ1v) is 8.14. The Morgan fingerprint density at radius 2 is 1.88 bits per heavy atom. The average Bonchev–Trinajstić information content (AvgIpc) is 3.06. The standard InChI is InChI=1S/C20H22N2O2/c1-24-19-10-6-5-9-16(19)13-18(15-7-3-2-4-8-15)20(23)22-12-11-17(21)14-22/h2-10,13,17H,11-12,14,21H2,1H3/b18-13+. The topological polar surface area (TPSA) is 55.6 Å². The molecule has 1 amide bonds. The van der Waals surface area contributed by atoms with Crippen molar-refractivity contribution in [2.24, 2.45) is 5.73 Å². The average molecular weight is 322 g/mol. The maximum absolute atomic E-state index is 13.1. The van der Waals surface area contributed by atoms with Crippen LogP contribution in [0.5, 0.6) is 5.75 Å². The van der Waals surface area contributed by atoms with Crippen molar-refractivity contribution in [2.75, 3.05) is 20.2 Å². The molecule has 1 atom stereocenters. The van der Waals surface area contributed by atoms with E-state index in [1.807, 2.05) is 65.6 Å². The van der Waals surface area contributed by atoms with E-state index in [1.54, 1.807) is 7.11 Å². The van der Waals surface area contributed by atoms with E-state index < -0.39 is 0 Å². The Kier molecular flexibility index (Phi) is 4.96. The Morgan fingerprint density at radius 3 is 2.54 bits per heavy atom. The van der Waals surface area contributed by atoms with Gasteiger partial charge in [-0.25, -0.2) is 0 Å². The molecular formula is C20H22N2O2. The van der Waals surface area contributed by atoms with Gasteiger partial charge in [-0.15, -0.1) is 0 Å². The number of rotatable bonds is 4. The van der Waals surface area contributed by atoms with Crippen molar-refractivity contribution in [2.45, 2.75) is 12.5 Å². The second kappa shape index (κ2) is 7.32. The molecule has 1 aliphatic rings. The van der Waals surface area contributed by atoms with Crippen molar-refractivity contribution in [1.29, 1.82) is 0 Å². The number of nitrogens with zero attached hydrogens (tertiary/aromatic N) is 1. The van der Waals surface area contributed by atoms with Gasteiger partial charge in [0.25, 0.3) is 5.91 Å². The molecule has 4 heteroatoms. The van der Waals surface area contributed by atoms with E-state index in [-0.39, 0.29) is 11.9 Å². The van der Waals surface area contributed by atoms with Gasteiger partial charge in [0.05, 0.1) is 7.11 Å². The number of benzene rings is 2. The van der Waals surface area contributed by atoms with Gasteiger partial charge in [-0.05, 0) is 24.1 Å². The summed E-state index contributed by atoms with van der Waals surface area (Å²) in [6.45, 7) is 1.31. The Hall–Kier alpha value is -2.59. The number of methoxy groups -OCH3 is 1. The van der Waals surface area contributed by atoms with Crippen LogP contribution in [0.25, 0.3) is 11.6 Å². The molecule has 4 nitrogen and oxygen atoms in total. The summed E-state index contributed by atoms with van der Waals surface area (Å²) < 4.78 is 5.41. The number of para-hydroxylation sites is 1. The molecule has 0 bridgehead atoms. The minimum atomic E-state index is 0.0139. The highest BCUT2D eigenvalue weighted by atomic mass is 16.5. The van der Waals surface area contributed by atoms with E-state index in [2.05, 4.69) is 0 Å². The Balaban J connectivity index is 2.02. The number of hydrogen-bond donors (Lipinski definition) is 1. The molecule has 0 aliphatic carbocycles. The summed E-state index contributed by atoms with van der Waals surface area (Å²) in [5.74, 6) is 0.761. The van der Waals surface area contributed by atoms with Crippen LogP contribution >= 0.6 is 0 Å². The highest BCUT2D eigenvalue weighted by molar-refractivity contribution is 6.24. The molecule has 1 saturated heterocycles. The van der Waals surface area contributed by atoms with E-state index in [0.29, 0.717) is 18.7 Å². The fourth-order valence-electron chi connectivity index (χ4n) is 2.97. The molecule has 0 radical (unpaired) electrons. The molecular weight excluding hydrogens is 300 g/mol. The lowest BCUT2D eigenvalue weighted by Gasteiger charge is -2.18. The maximum atomic E-state index is 13.1. The van der Waals surface area contributed by atoms with Gasteiger partial charge in [-0.2, -0.15) is 0 Å². The molecule has 0 spiro atoms. The van der Waals surface area contributed by atoms with Crippen LogP contribution in [-0.2, 0) is 4.79 Å². The molecule has 24 heavy (non-hydrogen) atoms. The Bertz CT molecular complexity index is 740. The minimum absolute atomic E-state index is 0.0139. The zero-order valence-electron chi connectivity index (χ0n) is 13.8. The minimum Gasteiger partial charge on any atom is -0.496 e. The predicted octanol–water partition coefficient (Wildman–Crippen LogP) is 2.80. The third-order valence-electron chi connectivity index (χ3n) is 4.27. The first kappa shape index (κ1) is 16.3. The molecule has 2 aromatic rings. The molecule has 3 rings (SSSR count). The molecule has 1 fully saturated rings. The van der Waals surface area contributed by atoms with Gasteiger partial charge in [-0.3, -0.25) is 4.79 Å². The first-order valence-electron chi connectivity index (χ1n) is 8.14. The van der Waals surface area contributed by atoms with E-state index in [1.165, 1.54) is 0 Å². The highest BCUT2D eigenvalue weighted by Crippen LogP contribution is 2.27. The molecule has 124 valence electrons. The number of likely N-dealkylation sites (tertiary alicyclic amines) is 1. The number of carbonyl (C=O) groups excluding carboxylic acids is 1. The number of amides is 1. The highest BCUT2D eigenvalue weighted by Gasteiger charge is 2.26. The zero-order chi connectivity index (χ0) is 16.9. The molecule has 1 unspecified atom stereocenters. The predicted molar refractivity (Wildman–Crippen MR) is 96.5 cm³/mol. The normalized spacial score (nSPS) is 17.8. The van der Waals surface area contributed by atoms with Crippen LogP contribution in [0.15, 0.2) is 54.6 Å². The molecule has 1 aliphatic heterocycles. The lowest BCUT2D eigenvalue weighted by molar-refractivity contribution is -0.124. The first-order chi connectivity index (χ1) is 11.7. The maximum Gasteiger partial charge on any atom is 0.254 e. The molecule has 0 saturated carbocycles. The Labute approximate surface area is 142 Å². The van der Waals surface area contributed by atoms with Crippen molar-refractivity contribution in [3.05, 3.63) is 65.7 Å². The van der Waals surface area contributed by atoms with Crippen molar-refractivity contribution in [3.8, 4) is 5.75 Å². The van der Waals surface area contributed by atoms with Gasteiger partial charge in [0.1, 0.15) is 5.75 Å². The lowest BCUT2D eigenvalue weighted by atomic mass is 10.0. The molecule has 0 aromatic heterocycles. The summed E-state index contributed by atoms with van der Waals surface area (Å²) >= 11 is 0. The third-order valence-corrected chi connectivity index (χ3v) is 4.27. The summed E-state index contributed by atoms with van der Waals surface area (Å²) in [5, 5.41) is 0. The van der Waals surface area contributed by atoms with Crippen molar-refractivity contribution < 1.29 is 9.53 Å². The van der Waals surface area contributed by atoms with Gasteiger partial charge in [0, 0.05) is 30.3 Å². The molecule has 2 aromatic carbocycles. The fraction of sp³-hybridized carbons (Fsp3) is 0.250. The summed E-state index contributed by atoms with van der Waals surface area (Å²) in [7, 11) is 1.64. The fourth-order valence-corrected chi connectivity index (χ4v) is 2.97. The van der Waals surface area contributed by atoms with Crippen LogP contribution in [0.1, 0.15) is 17.5 Å². The van der Waals surface area contributed by atoms with Crippen molar-refractivity contribution >= 4 is 17.6 Å². The summed E-state index contributed by atoms with van der Waals surface area (Å²) in [6.07, 6.45) is 2.75. The number of carbonyl (C=O) groups is 1. The van der Waals surface area contributed by atoms with Crippen LogP contribution in [0.4, 0.5) is 0 Å². The van der Waals surface area contributed by atoms with E-state index >= 15 is 0 Å². The summed E-state index contributed by atoms with van der Waals surface area (Å²) in [5.41, 5.74) is 8.41. The SMILES string of the molecule is COc1ccccc1/C=C(/C(=O)N1CCC(N)C1)c1ccccc1. The van der Waals surface area contributed by atoms with Crippen LogP contribution in [0, 0.1) is 0 Å². The smallest absolute Gasteiger partial charge is 0.254 e. The van der Waals surface area contributed by atoms with Crippen LogP contribution in [-0.4, -0.2) is 37.0 Å². The molecule has 1 heterocycles. The van der Waals surface area contributed by atoms with Gasteiger partial charge in [-0.1, -0.05) is 48.5 Å².